The number of hydrogen-bond donors (Lipinski definition) is 1. The van der Waals surface area contributed by atoms with Crippen LogP contribution >= 0.6 is 11.6 Å². The molecule has 1 fully saturated rings. The van der Waals surface area contributed by atoms with Crippen LogP contribution in [0.2, 0.25) is 5.02 Å². The number of halogens is 4. The maximum absolute atomic E-state index is 12.8. The van der Waals surface area contributed by atoms with E-state index in [0.29, 0.717) is 29.1 Å². The number of rotatable bonds is 4. The summed E-state index contributed by atoms with van der Waals surface area (Å²) in [6.45, 7) is 4.43. The Kier molecular flexibility index (Phi) is 5.22. The van der Waals surface area contributed by atoms with E-state index >= 15 is 0 Å². The minimum atomic E-state index is -4.63. The second-order valence-corrected chi connectivity index (χ2v) is 8.40. The summed E-state index contributed by atoms with van der Waals surface area (Å²) in [4.78, 5) is 15.8. The monoisotopic (exact) mass is 436 g/mol. The molecular weight excluding hydrogens is 417 g/mol. The molecule has 2 heterocycles. The van der Waals surface area contributed by atoms with Crippen LogP contribution in [-0.2, 0) is 6.18 Å². The van der Waals surface area contributed by atoms with Crippen LogP contribution in [0.4, 0.5) is 18.9 Å². The zero-order valence-electron chi connectivity index (χ0n) is 16.4. The molecule has 30 heavy (non-hydrogen) atoms. The minimum Gasteiger partial charge on any atom is -0.319 e. The Hall–Kier alpha value is -2.61. The first kappa shape index (κ1) is 20.7. The fraction of sp³-hybridized carbons (Fsp3) is 0.381. The molecule has 0 bridgehead atoms. The van der Waals surface area contributed by atoms with Gasteiger partial charge in [0, 0.05) is 11.6 Å². The number of hydrogen-bond acceptors (Lipinski definition) is 3. The summed E-state index contributed by atoms with van der Waals surface area (Å²) in [5.74, 6) is 0.571. The Morgan fingerprint density at radius 1 is 1.27 bits per heavy atom. The number of fused-ring (bicyclic) bond motifs is 1. The second-order valence-electron chi connectivity index (χ2n) is 7.99. The predicted octanol–water partition coefficient (Wildman–Crippen LogP) is 5.96. The van der Waals surface area contributed by atoms with Crippen molar-refractivity contribution in [3.8, 4) is 0 Å². The van der Waals surface area contributed by atoms with Crippen molar-refractivity contribution >= 4 is 34.1 Å². The summed E-state index contributed by atoms with van der Waals surface area (Å²) in [6, 6.07) is 6.83. The molecule has 9 heteroatoms. The first-order valence-corrected chi connectivity index (χ1v) is 10.0. The summed E-state index contributed by atoms with van der Waals surface area (Å²) >= 11 is 6.28. The van der Waals surface area contributed by atoms with Crippen LogP contribution in [0.5, 0.6) is 0 Å². The molecule has 1 N–H and O–H groups in total. The standard InChI is InChI=1S/C21H20ClF3N4O/c1-11(2)12-6-14(7-12)29-10-13-8-18(15(22)9-17(13)28-29)27-20(30)16-4-3-5-19(26-16)21(23,24)25/h3-5,8-12,14H,6-7H2,1-2H3,(H,27,30). The zero-order chi connectivity index (χ0) is 21.6. The van der Waals surface area contributed by atoms with Crippen molar-refractivity contribution in [2.75, 3.05) is 5.32 Å². The smallest absolute Gasteiger partial charge is 0.319 e. The third kappa shape index (κ3) is 4.01. The Balaban J connectivity index is 1.55. The van der Waals surface area contributed by atoms with E-state index in [0.717, 1.165) is 30.4 Å². The van der Waals surface area contributed by atoms with E-state index in [-0.39, 0.29) is 10.7 Å². The third-order valence-electron chi connectivity index (χ3n) is 5.60. The van der Waals surface area contributed by atoms with Gasteiger partial charge >= 0.3 is 6.18 Å². The Labute approximate surface area is 176 Å². The number of benzene rings is 1. The fourth-order valence-corrected chi connectivity index (χ4v) is 3.85. The van der Waals surface area contributed by atoms with Gasteiger partial charge in [-0.25, -0.2) is 4.98 Å². The van der Waals surface area contributed by atoms with Crippen molar-refractivity contribution in [3.63, 3.8) is 0 Å². The molecule has 1 saturated carbocycles. The number of carbonyl (C=O) groups is 1. The number of carbonyl (C=O) groups excluding carboxylic acids is 1. The Bertz CT molecular complexity index is 1100. The van der Waals surface area contributed by atoms with Crippen molar-refractivity contribution < 1.29 is 18.0 Å². The molecule has 0 radical (unpaired) electrons. The van der Waals surface area contributed by atoms with Crippen LogP contribution in [-0.4, -0.2) is 20.7 Å². The lowest BCUT2D eigenvalue weighted by molar-refractivity contribution is -0.141. The van der Waals surface area contributed by atoms with E-state index in [4.69, 9.17) is 11.6 Å². The lowest BCUT2D eigenvalue weighted by Crippen LogP contribution is -2.30. The highest BCUT2D eigenvalue weighted by Crippen LogP contribution is 2.42. The van der Waals surface area contributed by atoms with Crippen molar-refractivity contribution in [1.82, 2.24) is 14.8 Å². The molecule has 3 aromatic rings. The maximum atomic E-state index is 12.8. The van der Waals surface area contributed by atoms with E-state index in [1.165, 1.54) is 6.07 Å². The van der Waals surface area contributed by atoms with Crippen molar-refractivity contribution in [1.29, 1.82) is 0 Å². The molecule has 1 aliphatic carbocycles. The van der Waals surface area contributed by atoms with E-state index < -0.39 is 17.8 Å². The molecule has 0 atom stereocenters. The Morgan fingerprint density at radius 2 is 2.00 bits per heavy atom. The average molecular weight is 437 g/mol. The van der Waals surface area contributed by atoms with Crippen molar-refractivity contribution in [3.05, 3.63) is 52.9 Å². The number of anilines is 1. The molecule has 0 spiro atoms. The molecule has 1 aromatic carbocycles. The summed E-state index contributed by atoms with van der Waals surface area (Å²) in [5.41, 5.74) is -0.478. The van der Waals surface area contributed by atoms with Crippen molar-refractivity contribution in [2.24, 2.45) is 11.8 Å². The fourth-order valence-electron chi connectivity index (χ4n) is 3.64. The van der Waals surface area contributed by atoms with E-state index in [1.807, 2.05) is 10.9 Å². The van der Waals surface area contributed by atoms with Gasteiger partial charge in [-0.3, -0.25) is 9.48 Å². The largest absolute Gasteiger partial charge is 0.433 e. The van der Waals surface area contributed by atoms with Crippen LogP contribution in [0.15, 0.2) is 36.5 Å². The third-order valence-corrected chi connectivity index (χ3v) is 5.91. The summed E-state index contributed by atoms with van der Waals surface area (Å²) in [5, 5.41) is 8.18. The summed E-state index contributed by atoms with van der Waals surface area (Å²) in [7, 11) is 0. The first-order chi connectivity index (χ1) is 14.1. The van der Waals surface area contributed by atoms with Gasteiger partial charge in [0.1, 0.15) is 11.4 Å². The number of pyridine rings is 1. The highest BCUT2D eigenvalue weighted by atomic mass is 35.5. The topological polar surface area (TPSA) is 59.8 Å². The normalized spacial score (nSPS) is 19.2. The highest BCUT2D eigenvalue weighted by Gasteiger charge is 2.34. The van der Waals surface area contributed by atoms with Gasteiger partial charge in [-0.1, -0.05) is 31.5 Å². The first-order valence-electron chi connectivity index (χ1n) is 9.66. The van der Waals surface area contributed by atoms with Crippen LogP contribution in [0, 0.1) is 11.8 Å². The van der Waals surface area contributed by atoms with Gasteiger partial charge in [-0.2, -0.15) is 18.3 Å². The molecule has 0 saturated heterocycles. The molecule has 0 unspecified atom stereocenters. The van der Waals surface area contributed by atoms with Crippen molar-refractivity contribution in [2.45, 2.75) is 38.9 Å². The SMILES string of the molecule is CC(C)C1CC(n2cc3cc(NC(=O)c4cccc(C(F)(F)F)n4)c(Cl)cc3n2)C1. The van der Waals surface area contributed by atoms with E-state index in [1.54, 1.807) is 12.1 Å². The van der Waals surface area contributed by atoms with Crippen LogP contribution in [0.3, 0.4) is 0 Å². The van der Waals surface area contributed by atoms with Gasteiger partial charge in [0.15, 0.2) is 0 Å². The lowest BCUT2D eigenvalue weighted by Gasteiger charge is -2.38. The molecule has 5 nitrogen and oxygen atoms in total. The Morgan fingerprint density at radius 3 is 2.67 bits per heavy atom. The van der Waals surface area contributed by atoms with Crippen LogP contribution < -0.4 is 5.32 Å². The molecule has 1 aliphatic rings. The maximum Gasteiger partial charge on any atom is 0.433 e. The average Bonchev–Trinajstić information content (AvgIpc) is 3.01. The summed E-state index contributed by atoms with van der Waals surface area (Å²) in [6.07, 6.45) is -0.572. The number of alkyl halides is 3. The second kappa shape index (κ2) is 7.58. The molecule has 1 amide bonds. The molecule has 0 aliphatic heterocycles. The summed E-state index contributed by atoms with van der Waals surface area (Å²) < 4.78 is 40.5. The quantitative estimate of drug-likeness (QED) is 0.548. The van der Waals surface area contributed by atoms with E-state index in [9.17, 15) is 18.0 Å². The number of amides is 1. The van der Waals surface area contributed by atoms with Crippen LogP contribution in [0.1, 0.15) is 48.9 Å². The molecule has 2 aromatic heterocycles. The minimum absolute atomic E-state index is 0.252. The van der Waals surface area contributed by atoms with Gasteiger partial charge in [0.25, 0.3) is 5.91 Å². The van der Waals surface area contributed by atoms with Gasteiger partial charge in [0.05, 0.1) is 22.3 Å². The molecule has 158 valence electrons. The van der Waals surface area contributed by atoms with Gasteiger partial charge in [-0.15, -0.1) is 0 Å². The number of nitrogens with zero attached hydrogens (tertiary/aromatic N) is 3. The number of nitrogens with one attached hydrogen (secondary N) is 1. The van der Waals surface area contributed by atoms with Gasteiger partial charge in [-0.05, 0) is 48.9 Å². The lowest BCUT2D eigenvalue weighted by atomic mass is 9.74. The molecule has 4 rings (SSSR count). The van der Waals surface area contributed by atoms with E-state index in [2.05, 4.69) is 29.2 Å². The van der Waals surface area contributed by atoms with Gasteiger partial charge in [0.2, 0.25) is 0 Å². The van der Waals surface area contributed by atoms with Gasteiger partial charge < -0.3 is 5.32 Å². The zero-order valence-corrected chi connectivity index (χ0v) is 17.1. The number of aromatic nitrogens is 3. The highest BCUT2D eigenvalue weighted by molar-refractivity contribution is 6.34. The van der Waals surface area contributed by atoms with Crippen LogP contribution in [0.25, 0.3) is 10.9 Å². The molecular formula is C21H20ClF3N4O. The predicted molar refractivity (Wildman–Crippen MR) is 109 cm³/mol.